The lowest BCUT2D eigenvalue weighted by Crippen LogP contribution is -2.52. The van der Waals surface area contributed by atoms with Gasteiger partial charge in [0.25, 0.3) is 53.7 Å². The largest absolute Gasteiger partial charge is 0.481 e. The molecule has 12 amide bonds. The molecule has 149 heavy (non-hydrogen) atoms. The van der Waals surface area contributed by atoms with Gasteiger partial charge < -0.3 is 44.8 Å². The van der Waals surface area contributed by atoms with Crippen LogP contribution in [0.2, 0.25) is 0 Å². The van der Waals surface area contributed by atoms with Crippen LogP contribution in [0.4, 0.5) is 0 Å². The number of aliphatic carboxylic acids is 4. The summed E-state index contributed by atoms with van der Waals surface area (Å²) >= 11 is 0. The molecule has 0 radical (unpaired) electrons. The predicted octanol–water partition coefficient (Wildman–Crippen LogP) is 16.7. The Balaban J connectivity index is 0.000000120. The molecule has 30 nitrogen and oxygen atoms in total. The lowest BCUT2D eigenvalue weighted by atomic mass is 9.77. The molecule has 0 bridgehead atoms. The van der Waals surface area contributed by atoms with Gasteiger partial charge in [0, 0.05) is 42.7 Å². The van der Waals surface area contributed by atoms with Crippen LogP contribution in [-0.2, 0) is 68.8 Å². The van der Waals surface area contributed by atoms with Gasteiger partial charge >= 0.3 is 23.9 Å². The topological polar surface area (TPSA) is 406 Å². The highest BCUT2D eigenvalue weighted by Crippen LogP contribution is 2.47. The quantitative estimate of drug-likeness (QED) is 0.0431. The van der Waals surface area contributed by atoms with Gasteiger partial charge in [-0.1, -0.05) is 239 Å². The Labute approximate surface area is 858 Å². The fraction of sp³-hybridized carbons (Fsp3) is 0.336. The first-order chi connectivity index (χ1) is 72.2. The zero-order chi connectivity index (χ0) is 104. The standard InChI is InChI=1S/C32H30N2O5.2C30H28N2O5.C27H26N2O7/c35-29(24-12-6-7-13-26(24)32(38)39)33-17-16-21-10-4-5-11-23(21)28(33)19-34-30(36)25-15-14-22(18-27(25)31(34)37)20-8-2-1-3-9-20;33-27(22-11-5-6-12-23(22)30(36)37)31-16-15-19-8-1-3-9-20(19)25(31)17-32-28(34)24-14-13-18-7-2-4-10-21(18)26(24)29(32)35;33-27(21-11-3-4-12-22(21)30(36)37)31-16-15-18-7-1-2-10-20(18)25(31)17-32-28(34)23-13-5-8-19-9-6-14-24(26(19)23)29(32)35;30-15-36-17-9-10-20-22(13-17)26(33)29(25(20)32)14-23-18-6-2-1-5-16(18)11-12-28(23)24(31)19-7-3-4-8-21(19)27(34)35/h1-5,8-11,14-15,18,24,26,28H,6-7,12-13,16-17,19H2,(H,38,39);1-4,7-10,13-14,22-23,25H,5-6,11-12,15-17H2,(H,36,37);1-2,5-10,13-14,21-22,25H,3-4,11-12,15-17H2,(H,36,37);1-2,5-6,9-10,13,15,19,21,23H,3-4,7-8,11-12,14H2,(H,34,35). The molecule has 0 saturated heterocycles. The first-order valence-electron chi connectivity index (χ1n) is 51.6. The van der Waals surface area contributed by atoms with Crippen LogP contribution in [-0.4, -0.2) is 213 Å². The van der Waals surface area contributed by atoms with Gasteiger partial charge in [0.2, 0.25) is 23.6 Å². The molecule has 23 rings (SSSR count). The highest BCUT2D eigenvalue weighted by atomic mass is 16.5. The monoisotopic (exact) mass is 2000 g/mol. The molecule has 8 heterocycles. The van der Waals surface area contributed by atoms with E-state index in [0.717, 1.165) is 128 Å². The van der Waals surface area contributed by atoms with Crippen LogP contribution in [0.15, 0.2) is 237 Å². The summed E-state index contributed by atoms with van der Waals surface area (Å²) in [5.41, 5.74) is 12.5. The summed E-state index contributed by atoms with van der Waals surface area (Å²) in [5.74, 6) is -12.9. The predicted molar refractivity (Wildman–Crippen MR) is 545 cm³/mol. The Morgan fingerprint density at radius 3 is 0.953 bits per heavy atom. The van der Waals surface area contributed by atoms with Crippen LogP contribution < -0.4 is 4.74 Å². The normalized spacial score (nSPS) is 23.0. The SMILES string of the molecule is O=C(O)C1CCCCC1C(=O)N1CCc2ccccc2C1CN1C(=O)c2ccc(-c3ccccc3)cc2C1=O.O=C(O)C1CCCCC1C(=O)N1CCc2ccccc2C1CN1C(=O)c2ccc3ccccc3c2C1=O.O=C(O)C1CCCCC1C(=O)N1CCc2ccccc2C1CN1C(=O)c2cccc3cccc(c23)C1=O.O=COc1ccc2c(c1)C(=O)N(CC1c3ccccc3CCN1C(=O)C1CCCCC1C(=O)O)C2=O. The maximum atomic E-state index is 13.9. The Bertz CT molecular complexity index is 7270. The van der Waals surface area contributed by atoms with E-state index in [1.165, 1.54) is 32.9 Å². The number of benzene rings is 11. The molecule has 4 aliphatic carbocycles. The number of amides is 12. The van der Waals surface area contributed by atoms with Crippen molar-refractivity contribution < 1.29 is 107 Å². The summed E-state index contributed by atoms with van der Waals surface area (Å²) in [4.78, 5) is 234. The summed E-state index contributed by atoms with van der Waals surface area (Å²) in [5, 5.41) is 42.3. The third kappa shape index (κ3) is 19.1. The molecule has 12 atom stereocenters. The van der Waals surface area contributed by atoms with Crippen LogP contribution in [0.5, 0.6) is 5.75 Å². The molecule has 12 aliphatic rings. The number of carboxylic acids is 4. The number of carbonyl (C=O) groups excluding carboxylic acids is 13. The summed E-state index contributed by atoms with van der Waals surface area (Å²) in [7, 11) is 0. The van der Waals surface area contributed by atoms with Gasteiger partial charge in [0.15, 0.2) is 0 Å². The second-order valence-corrected chi connectivity index (χ2v) is 40.7. The Kier molecular flexibility index (Phi) is 28.6. The molecule has 11 aromatic rings. The number of hydrogen-bond donors (Lipinski definition) is 4. The van der Waals surface area contributed by atoms with E-state index in [2.05, 4.69) is 0 Å². The smallest absolute Gasteiger partial charge is 0.307 e. The molecule has 0 aromatic heterocycles. The van der Waals surface area contributed by atoms with E-state index >= 15 is 0 Å². The van der Waals surface area contributed by atoms with E-state index in [1.807, 2.05) is 188 Å². The Morgan fingerprint density at radius 2 is 0.577 bits per heavy atom. The number of ether oxygens (including phenoxy) is 1. The third-order valence-electron chi connectivity index (χ3n) is 32.7. The average molecular weight is 2010 g/mol. The van der Waals surface area contributed by atoms with Crippen molar-refractivity contribution in [2.75, 3.05) is 52.4 Å². The highest BCUT2D eigenvalue weighted by molar-refractivity contribution is 6.28. The number of carbonyl (C=O) groups is 17. The summed E-state index contributed by atoms with van der Waals surface area (Å²) in [6, 6.07) is 70.1. The molecule has 8 aliphatic heterocycles. The summed E-state index contributed by atoms with van der Waals surface area (Å²) in [6.45, 7) is 1.93. The summed E-state index contributed by atoms with van der Waals surface area (Å²) < 4.78 is 4.83. The van der Waals surface area contributed by atoms with Gasteiger partial charge in [-0.3, -0.25) is 101 Å². The van der Waals surface area contributed by atoms with Crippen molar-refractivity contribution in [3.8, 4) is 16.9 Å². The molecular formula is C119H112N8O22. The summed E-state index contributed by atoms with van der Waals surface area (Å²) in [6.07, 6.45) is 13.0. The first-order valence-corrected chi connectivity index (χ1v) is 51.6. The minimum atomic E-state index is -0.962. The number of carboxylic acid groups (broad SMARTS) is 4. The van der Waals surface area contributed by atoms with Gasteiger partial charge in [-0.05, 0) is 197 Å². The van der Waals surface area contributed by atoms with E-state index in [-0.39, 0.29) is 109 Å². The van der Waals surface area contributed by atoms with Crippen LogP contribution in [0.25, 0.3) is 32.7 Å². The first kappa shape index (κ1) is 100. The second-order valence-electron chi connectivity index (χ2n) is 40.7. The molecule has 0 spiro atoms. The lowest BCUT2D eigenvalue weighted by Gasteiger charge is -2.42. The van der Waals surface area contributed by atoms with Crippen molar-refractivity contribution in [2.45, 2.75) is 153 Å². The Morgan fingerprint density at radius 1 is 0.275 bits per heavy atom. The fourth-order valence-electron chi connectivity index (χ4n) is 25.2. The fourth-order valence-corrected chi connectivity index (χ4v) is 25.2. The van der Waals surface area contributed by atoms with Gasteiger partial charge in [0.05, 0.1) is 131 Å². The number of rotatable bonds is 19. The molecule has 4 fully saturated rings. The van der Waals surface area contributed by atoms with E-state index in [9.17, 15) is 102 Å². The van der Waals surface area contributed by atoms with Crippen LogP contribution in [0.1, 0.15) is 254 Å². The van der Waals surface area contributed by atoms with Crippen LogP contribution in [0.3, 0.4) is 0 Å². The van der Waals surface area contributed by atoms with Crippen molar-refractivity contribution >= 4 is 123 Å². The molecule has 4 saturated carbocycles. The third-order valence-corrected chi connectivity index (χ3v) is 32.7. The second kappa shape index (κ2) is 42.7. The minimum Gasteiger partial charge on any atom is -0.481 e. The van der Waals surface area contributed by atoms with E-state index in [1.54, 1.807) is 49.9 Å². The average Bonchev–Trinajstić information content (AvgIpc) is 1.58. The maximum Gasteiger partial charge on any atom is 0.307 e. The molecule has 4 N–H and O–H groups in total. The van der Waals surface area contributed by atoms with Crippen molar-refractivity contribution in [3.05, 3.63) is 326 Å². The zero-order valence-electron chi connectivity index (χ0n) is 82.0. The van der Waals surface area contributed by atoms with Gasteiger partial charge in [0.1, 0.15) is 5.75 Å². The van der Waals surface area contributed by atoms with Gasteiger partial charge in [-0.25, -0.2) is 0 Å². The van der Waals surface area contributed by atoms with Crippen molar-refractivity contribution in [1.29, 1.82) is 0 Å². The molecule has 30 heteroatoms. The van der Waals surface area contributed by atoms with Crippen LogP contribution >= 0.6 is 0 Å². The number of nitrogens with zero attached hydrogens (tertiary/aromatic N) is 8. The van der Waals surface area contributed by atoms with Gasteiger partial charge in [-0.15, -0.1) is 0 Å². The highest BCUT2D eigenvalue weighted by Gasteiger charge is 2.52. The van der Waals surface area contributed by atoms with Gasteiger partial charge in [-0.2, -0.15) is 0 Å². The maximum absolute atomic E-state index is 13.9. The molecule has 11 aromatic carbocycles. The van der Waals surface area contributed by atoms with E-state index in [0.29, 0.717) is 142 Å². The number of imide groups is 4. The molecular weight excluding hydrogens is 1890 g/mol. The van der Waals surface area contributed by atoms with E-state index < -0.39 is 107 Å². The van der Waals surface area contributed by atoms with Crippen molar-refractivity contribution in [2.24, 2.45) is 47.3 Å². The lowest BCUT2D eigenvalue weighted by molar-refractivity contribution is -0.153. The Hall–Kier alpha value is -16.3. The zero-order valence-corrected chi connectivity index (χ0v) is 82.0. The number of hydrogen-bond acceptors (Lipinski definition) is 18. The van der Waals surface area contributed by atoms with E-state index in [4.69, 9.17) is 4.74 Å². The van der Waals surface area contributed by atoms with Crippen LogP contribution in [0, 0.1) is 47.3 Å². The van der Waals surface area contributed by atoms with Crippen molar-refractivity contribution in [1.82, 2.24) is 39.2 Å². The minimum absolute atomic E-state index is 0.0234. The van der Waals surface area contributed by atoms with Crippen molar-refractivity contribution in [3.63, 3.8) is 0 Å². The number of fused-ring (bicyclic) bond motifs is 9. The molecule has 12 unspecified atom stereocenters. The molecule has 760 valence electrons.